The van der Waals surface area contributed by atoms with E-state index in [1.807, 2.05) is 13.8 Å². The third kappa shape index (κ3) is 3.42. The van der Waals surface area contributed by atoms with Crippen LogP contribution in [-0.4, -0.2) is 18.7 Å². The summed E-state index contributed by atoms with van der Waals surface area (Å²) in [5.74, 6) is -0.332. The highest BCUT2D eigenvalue weighted by Crippen LogP contribution is 2.28. The first kappa shape index (κ1) is 13.4. The number of ether oxygens (including phenoxy) is 1. The van der Waals surface area contributed by atoms with Gasteiger partial charge in [0.05, 0.1) is 11.6 Å². The Hall–Kier alpha value is -1.62. The Kier molecular flexibility index (Phi) is 4.07. The Morgan fingerprint density at radius 2 is 1.94 bits per heavy atom. The standard InChI is InChI=1S/C12H17FN2O2/c1-12(2,17-3)10(15-11(14)16)8-4-6-9(13)7-5-8/h4-7,10H,1-3H3,(H3,14,15,16)/t10-/m0/s1. The van der Waals surface area contributed by atoms with Crippen LogP contribution in [0, 0.1) is 5.82 Å². The van der Waals surface area contributed by atoms with Crippen molar-refractivity contribution in [2.75, 3.05) is 7.11 Å². The molecule has 0 bridgehead atoms. The molecule has 2 amide bonds. The average Bonchev–Trinajstić information content (AvgIpc) is 2.27. The molecule has 0 aliphatic rings. The minimum Gasteiger partial charge on any atom is -0.376 e. The van der Waals surface area contributed by atoms with E-state index in [0.29, 0.717) is 0 Å². The van der Waals surface area contributed by atoms with Gasteiger partial charge in [-0.1, -0.05) is 12.1 Å². The van der Waals surface area contributed by atoms with E-state index in [-0.39, 0.29) is 5.82 Å². The second kappa shape index (κ2) is 5.14. The van der Waals surface area contributed by atoms with Crippen molar-refractivity contribution < 1.29 is 13.9 Å². The molecule has 0 heterocycles. The van der Waals surface area contributed by atoms with Crippen LogP contribution in [0.5, 0.6) is 0 Å². The number of primary amides is 1. The second-order valence-corrected chi connectivity index (χ2v) is 4.30. The van der Waals surface area contributed by atoms with Crippen LogP contribution in [-0.2, 0) is 4.74 Å². The van der Waals surface area contributed by atoms with Crippen LogP contribution in [0.15, 0.2) is 24.3 Å². The van der Waals surface area contributed by atoms with Gasteiger partial charge in [0.15, 0.2) is 0 Å². The summed E-state index contributed by atoms with van der Waals surface area (Å²) >= 11 is 0. The fraction of sp³-hybridized carbons (Fsp3) is 0.417. The van der Waals surface area contributed by atoms with E-state index >= 15 is 0 Å². The highest BCUT2D eigenvalue weighted by Gasteiger charge is 2.31. The maximum absolute atomic E-state index is 12.8. The van der Waals surface area contributed by atoms with E-state index in [1.54, 1.807) is 19.2 Å². The second-order valence-electron chi connectivity index (χ2n) is 4.30. The molecule has 5 heteroatoms. The summed E-state index contributed by atoms with van der Waals surface area (Å²) in [6, 6.07) is 4.76. The van der Waals surface area contributed by atoms with Gasteiger partial charge in [-0.3, -0.25) is 0 Å². The number of methoxy groups -OCH3 is 1. The predicted molar refractivity (Wildman–Crippen MR) is 62.9 cm³/mol. The molecule has 94 valence electrons. The molecule has 1 aromatic carbocycles. The topological polar surface area (TPSA) is 64.3 Å². The maximum atomic E-state index is 12.8. The fourth-order valence-electron chi connectivity index (χ4n) is 1.57. The van der Waals surface area contributed by atoms with Crippen LogP contribution in [0.25, 0.3) is 0 Å². The number of carbonyl (C=O) groups is 1. The van der Waals surface area contributed by atoms with Crippen molar-refractivity contribution in [3.05, 3.63) is 35.6 Å². The Morgan fingerprint density at radius 3 is 2.35 bits per heavy atom. The van der Waals surface area contributed by atoms with Gasteiger partial charge in [0.1, 0.15) is 5.82 Å². The lowest BCUT2D eigenvalue weighted by Gasteiger charge is -2.33. The third-order valence-electron chi connectivity index (χ3n) is 2.71. The number of carbonyl (C=O) groups excluding carboxylic acids is 1. The predicted octanol–water partition coefficient (Wildman–Crippen LogP) is 1.96. The monoisotopic (exact) mass is 240 g/mol. The lowest BCUT2D eigenvalue weighted by Crippen LogP contribution is -2.45. The molecule has 0 fully saturated rings. The smallest absolute Gasteiger partial charge is 0.312 e. The summed E-state index contributed by atoms with van der Waals surface area (Å²) in [5, 5.41) is 2.60. The molecule has 0 unspecified atom stereocenters. The van der Waals surface area contributed by atoms with Crippen LogP contribution in [0.4, 0.5) is 9.18 Å². The van der Waals surface area contributed by atoms with E-state index in [9.17, 15) is 9.18 Å². The normalized spacial score (nSPS) is 13.2. The molecule has 0 radical (unpaired) electrons. The Morgan fingerprint density at radius 1 is 1.41 bits per heavy atom. The zero-order valence-corrected chi connectivity index (χ0v) is 10.2. The average molecular weight is 240 g/mol. The van der Waals surface area contributed by atoms with Crippen molar-refractivity contribution in [3.8, 4) is 0 Å². The minimum atomic E-state index is -0.649. The SMILES string of the molecule is COC(C)(C)[C@@H](NC(N)=O)c1ccc(F)cc1. The summed E-state index contributed by atoms with van der Waals surface area (Å²) in [4.78, 5) is 11.0. The van der Waals surface area contributed by atoms with Gasteiger partial charge in [-0.15, -0.1) is 0 Å². The minimum absolute atomic E-state index is 0.332. The molecular formula is C12H17FN2O2. The zero-order valence-electron chi connectivity index (χ0n) is 10.2. The Balaban J connectivity index is 3.05. The van der Waals surface area contributed by atoms with E-state index in [1.165, 1.54) is 12.1 Å². The maximum Gasteiger partial charge on any atom is 0.312 e. The molecule has 1 atom stereocenters. The summed E-state index contributed by atoms with van der Waals surface area (Å²) in [6.45, 7) is 3.63. The van der Waals surface area contributed by atoms with Gasteiger partial charge in [-0.2, -0.15) is 0 Å². The van der Waals surface area contributed by atoms with Crippen molar-refractivity contribution in [2.24, 2.45) is 5.73 Å². The van der Waals surface area contributed by atoms with Crippen LogP contribution >= 0.6 is 0 Å². The Labute approximate surface area is 100.0 Å². The van der Waals surface area contributed by atoms with E-state index in [4.69, 9.17) is 10.5 Å². The van der Waals surface area contributed by atoms with Crippen molar-refractivity contribution in [2.45, 2.75) is 25.5 Å². The first-order chi connectivity index (χ1) is 7.86. The number of amides is 2. The number of benzene rings is 1. The van der Waals surface area contributed by atoms with Crippen LogP contribution in [0.3, 0.4) is 0 Å². The van der Waals surface area contributed by atoms with E-state index in [2.05, 4.69) is 5.32 Å². The molecule has 0 saturated heterocycles. The number of hydrogen-bond acceptors (Lipinski definition) is 2. The van der Waals surface area contributed by atoms with Gasteiger partial charge in [0, 0.05) is 7.11 Å². The lowest BCUT2D eigenvalue weighted by atomic mass is 9.91. The van der Waals surface area contributed by atoms with Crippen LogP contribution < -0.4 is 11.1 Å². The molecular weight excluding hydrogens is 223 g/mol. The van der Waals surface area contributed by atoms with Gasteiger partial charge in [-0.05, 0) is 31.5 Å². The molecule has 0 spiro atoms. The molecule has 1 aromatic rings. The number of urea groups is 1. The number of rotatable bonds is 4. The van der Waals surface area contributed by atoms with Crippen LogP contribution in [0.1, 0.15) is 25.5 Å². The van der Waals surface area contributed by atoms with E-state index < -0.39 is 17.7 Å². The lowest BCUT2D eigenvalue weighted by molar-refractivity contribution is -0.00758. The molecule has 1 rings (SSSR count). The zero-order chi connectivity index (χ0) is 13.1. The van der Waals surface area contributed by atoms with Gasteiger partial charge in [0.25, 0.3) is 0 Å². The Bertz CT molecular complexity index is 390. The molecule has 0 saturated carbocycles. The van der Waals surface area contributed by atoms with Crippen LogP contribution in [0.2, 0.25) is 0 Å². The quantitative estimate of drug-likeness (QED) is 0.845. The van der Waals surface area contributed by atoms with Crippen molar-refractivity contribution in [3.63, 3.8) is 0 Å². The fourth-order valence-corrected chi connectivity index (χ4v) is 1.57. The highest BCUT2D eigenvalue weighted by atomic mass is 19.1. The third-order valence-corrected chi connectivity index (χ3v) is 2.71. The van der Waals surface area contributed by atoms with Gasteiger partial charge < -0.3 is 15.8 Å². The van der Waals surface area contributed by atoms with Gasteiger partial charge >= 0.3 is 6.03 Å². The van der Waals surface area contributed by atoms with Crippen molar-refractivity contribution >= 4 is 6.03 Å². The van der Waals surface area contributed by atoms with Crippen molar-refractivity contribution in [1.82, 2.24) is 5.32 Å². The summed E-state index contributed by atoms with van der Waals surface area (Å²) in [7, 11) is 1.54. The summed E-state index contributed by atoms with van der Waals surface area (Å²) < 4.78 is 18.2. The number of halogens is 1. The number of nitrogens with two attached hydrogens (primary N) is 1. The van der Waals surface area contributed by atoms with E-state index in [0.717, 1.165) is 5.56 Å². The molecule has 4 nitrogen and oxygen atoms in total. The van der Waals surface area contributed by atoms with Crippen molar-refractivity contribution in [1.29, 1.82) is 0 Å². The molecule has 17 heavy (non-hydrogen) atoms. The number of nitrogens with one attached hydrogen (secondary N) is 1. The molecule has 0 aromatic heterocycles. The molecule has 0 aliphatic heterocycles. The first-order valence-corrected chi connectivity index (χ1v) is 5.23. The number of hydrogen-bond donors (Lipinski definition) is 2. The summed E-state index contributed by atoms with van der Waals surface area (Å²) in [5.41, 5.74) is 5.22. The first-order valence-electron chi connectivity index (χ1n) is 5.23. The highest BCUT2D eigenvalue weighted by molar-refractivity contribution is 5.72. The van der Waals surface area contributed by atoms with Gasteiger partial charge in [-0.25, -0.2) is 9.18 Å². The van der Waals surface area contributed by atoms with Gasteiger partial charge in [0.2, 0.25) is 0 Å². The molecule has 0 aliphatic carbocycles. The largest absolute Gasteiger partial charge is 0.376 e. The molecule has 3 N–H and O–H groups in total. The summed E-state index contributed by atoms with van der Waals surface area (Å²) in [6.07, 6.45) is 0.